The zero-order chi connectivity index (χ0) is 13.7. The summed E-state index contributed by atoms with van der Waals surface area (Å²) in [5, 5.41) is 0. The Morgan fingerprint density at radius 2 is 1.90 bits per heavy atom. The second-order valence-corrected chi connectivity index (χ2v) is 5.39. The standard InChI is InChI=1S/C17H15NO2/c1-20-14-6-7-15-12(10-14)9-13-8-11-4-2-3-5-16(11)18(13)17(15)19/h2-7,10,13H,8-9H2,1H3. The van der Waals surface area contributed by atoms with Gasteiger partial charge in [0.05, 0.1) is 7.11 Å². The second kappa shape index (κ2) is 4.10. The van der Waals surface area contributed by atoms with E-state index < -0.39 is 0 Å². The maximum atomic E-state index is 12.7. The molecule has 0 radical (unpaired) electrons. The zero-order valence-electron chi connectivity index (χ0n) is 11.3. The zero-order valence-corrected chi connectivity index (χ0v) is 11.3. The summed E-state index contributed by atoms with van der Waals surface area (Å²) >= 11 is 0. The highest BCUT2D eigenvalue weighted by Crippen LogP contribution is 2.38. The molecule has 2 aliphatic heterocycles. The summed E-state index contributed by atoms with van der Waals surface area (Å²) in [5.74, 6) is 0.935. The van der Waals surface area contributed by atoms with Crippen molar-refractivity contribution in [2.45, 2.75) is 18.9 Å². The van der Waals surface area contributed by atoms with E-state index in [4.69, 9.17) is 4.74 Å². The quantitative estimate of drug-likeness (QED) is 0.793. The van der Waals surface area contributed by atoms with Gasteiger partial charge in [-0.3, -0.25) is 4.79 Å². The van der Waals surface area contributed by atoms with E-state index in [2.05, 4.69) is 6.07 Å². The van der Waals surface area contributed by atoms with Crippen molar-refractivity contribution in [1.82, 2.24) is 0 Å². The molecule has 4 rings (SSSR count). The van der Waals surface area contributed by atoms with Crippen molar-refractivity contribution in [3.05, 3.63) is 59.2 Å². The summed E-state index contributed by atoms with van der Waals surface area (Å²) in [5.41, 5.74) is 4.25. The third kappa shape index (κ3) is 1.49. The Bertz CT molecular complexity index is 708. The number of carbonyl (C=O) groups excluding carboxylic acids is 1. The van der Waals surface area contributed by atoms with Crippen LogP contribution in [0.4, 0.5) is 5.69 Å². The van der Waals surface area contributed by atoms with Gasteiger partial charge < -0.3 is 9.64 Å². The van der Waals surface area contributed by atoms with Crippen molar-refractivity contribution in [2.75, 3.05) is 12.0 Å². The van der Waals surface area contributed by atoms with E-state index in [0.717, 1.165) is 35.4 Å². The van der Waals surface area contributed by atoms with Gasteiger partial charge in [-0.2, -0.15) is 0 Å². The predicted octanol–water partition coefficient (Wildman–Crippen LogP) is 2.82. The summed E-state index contributed by atoms with van der Waals surface area (Å²) in [6.45, 7) is 0. The van der Waals surface area contributed by atoms with E-state index in [1.165, 1.54) is 5.56 Å². The van der Waals surface area contributed by atoms with Crippen LogP contribution in [0.2, 0.25) is 0 Å². The van der Waals surface area contributed by atoms with Gasteiger partial charge in [0.25, 0.3) is 5.91 Å². The monoisotopic (exact) mass is 265 g/mol. The van der Waals surface area contributed by atoms with Gasteiger partial charge >= 0.3 is 0 Å². The molecule has 0 aliphatic carbocycles. The molecule has 0 bridgehead atoms. The van der Waals surface area contributed by atoms with E-state index in [0.29, 0.717) is 0 Å². The first-order valence-corrected chi connectivity index (χ1v) is 6.86. The fraction of sp³-hybridized carbons (Fsp3) is 0.235. The van der Waals surface area contributed by atoms with E-state index >= 15 is 0 Å². The Hall–Kier alpha value is -2.29. The van der Waals surface area contributed by atoms with Crippen molar-refractivity contribution in [1.29, 1.82) is 0 Å². The van der Waals surface area contributed by atoms with Crippen LogP contribution in [0.25, 0.3) is 0 Å². The number of para-hydroxylation sites is 1. The number of carbonyl (C=O) groups is 1. The highest BCUT2D eigenvalue weighted by Gasteiger charge is 2.38. The van der Waals surface area contributed by atoms with Crippen molar-refractivity contribution in [2.24, 2.45) is 0 Å². The molecule has 2 aromatic carbocycles. The van der Waals surface area contributed by atoms with Crippen molar-refractivity contribution in [3.63, 3.8) is 0 Å². The van der Waals surface area contributed by atoms with Crippen molar-refractivity contribution >= 4 is 11.6 Å². The highest BCUT2D eigenvalue weighted by atomic mass is 16.5. The molecule has 1 atom stereocenters. The van der Waals surface area contributed by atoms with Gasteiger partial charge in [-0.05, 0) is 48.2 Å². The van der Waals surface area contributed by atoms with E-state index in [1.807, 2.05) is 41.3 Å². The Kier molecular flexibility index (Phi) is 2.36. The summed E-state index contributed by atoms with van der Waals surface area (Å²) in [6.07, 6.45) is 1.84. The lowest BCUT2D eigenvalue weighted by molar-refractivity contribution is 0.0971. The molecule has 2 heterocycles. The molecule has 0 saturated heterocycles. The fourth-order valence-electron chi connectivity index (χ4n) is 3.36. The minimum atomic E-state index is 0.115. The molecule has 0 N–H and O–H groups in total. The lowest BCUT2D eigenvalue weighted by Crippen LogP contribution is -2.43. The van der Waals surface area contributed by atoms with Crippen LogP contribution in [-0.2, 0) is 12.8 Å². The third-order valence-electron chi connectivity index (χ3n) is 4.29. The van der Waals surface area contributed by atoms with Crippen LogP contribution in [0.1, 0.15) is 21.5 Å². The molecule has 3 nitrogen and oxygen atoms in total. The highest BCUT2D eigenvalue weighted by molar-refractivity contribution is 6.10. The van der Waals surface area contributed by atoms with Crippen LogP contribution in [0, 0.1) is 0 Å². The minimum Gasteiger partial charge on any atom is -0.497 e. The number of anilines is 1. The average Bonchev–Trinajstić information content (AvgIpc) is 2.85. The van der Waals surface area contributed by atoms with Gasteiger partial charge in [-0.15, -0.1) is 0 Å². The maximum Gasteiger partial charge on any atom is 0.258 e. The van der Waals surface area contributed by atoms with Gasteiger partial charge in [-0.1, -0.05) is 18.2 Å². The molecule has 1 amide bonds. The number of hydrogen-bond donors (Lipinski definition) is 0. The van der Waals surface area contributed by atoms with E-state index in [-0.39, 0.29) is 11.9 Å². The molecule has 0 spiro atoms. The van der Waals surface area contributed by atoms with Crippen LogP contribution in [0.15, 0.2) is 42.5 Å². The first-order valence-electron chi connectivity index (χ1n) is 6.86. The average molecular weight is 265 g/mol. The molecule has 20 heavy (non-hydrogen) atoms. The molecule has 0 saturated carbocycles. The van der Waals surface area contributed by atoms with E-state index in [9.17, 15) is 4.79 Å². The number of amides is 1. The van der Waals surface area contributed by atoms with Crippen LogP contribution >= 0.6 is 0 Å². The summed E-state index contributed by atoms with van der Waals surface area (Å²) in [4.78, 5) is 14.7. The summed E-state index contributed by atoms with van der Waals surface area (Å²) in [7, 11) is 1.66. The largest absolute Gasteiger partial charge is 0.497 e. The number of fused-ring (bicyclic) bond motifs is 4. The molecule has 0 aromatic heterocycles. The second-order valence-electron chi connectivity index (χ2n) is 5.39. The SMILES string of the molecule is COc1ccc2c(c1)CC1Cc3ccccc3N1C2=O. The molecule has 2 aromatic rings. The first-order chi connectivity index (χ1) is 9.78. The molecule has 1 unspecified atom stereocenters. The van der Waals surface area contributed by atoms with Crippen molar-refractivity contribution < 1.29 is 9.53 Å². The van der Waals surface area contributed by atoms with Crippen molar-refractivity contribution in [3.8, 4) is 5.75 Å². The molecule has 2 aliphatic rings. The maximum absolute atomic E-state index is 12.7. The van der Waals surface area contributed by atoms with Crippen LogP contribution in [0.5, 0.6) is 5.75 Å². The Morgan fingerprint density at radius 1 is 1.10 bits per heavy atom. The molecule has 3 heteroatoms. The topological polar surface area (TPSA) is 29.5 Å². The molecular formula is C17H15NO2. The molecule has 100 valence electrons. The Labute approximate surface area is 117 Å². The van der Waals surface area contributed by atoms with Gasteiger partial charge in [-0.25, -0.2) is 0 Å². The number of benzene rings is 2. The normalized spacial score (nSPS) is 19.4. The Balaban J connectivity index is 1.82. The van der Waals surface area contributed by atoms with Gasteiger partial charge in [0, 0.05) is 17.3 Å². The number of rotatable bonds is 1. The number of methoxy groups -OCH3 is 1. The minimum absolute atomic E-state index is 0.115. The number of nitrogens with zero attached hydrogens (tertiary/aromatic N) is 1. The van der Waals surface area contributed by atoms with Gasteiger partial charge in [0.1, 0.15) is 5.75 Å². The lowest BCUT2D eigenvalue weighted by atomic mass is 9.93. The number of ether oxygens (including phenoxy) is 1. The lowest BCUT2D eigenvalue weighted by Gasteiger charge is -2.31. The van der Waals surface area contributed by atoms with E-state index in [1.54, 1.807) is 7.11 Å². The fourth-order valence-corrected chi connectivity index (χ4v) is 3.36. The molecule has 0 fully saturated rings. The van der Waals surface area contributed by atoms with Gasteiger partial charge in [0.15, 0.2) is 0 Å². The third-order valence-corrected chi connectivity index (χ3v) is 4.29. The van der Waals surface area contributed by atoms with Crippen LogP contribution in [-0.4, -0.2) is 19.1 Å². The van der Waals surface area contributed by atoms with Crippen LogP contribution in [0.3, 0.4) is 0 Å². The first kappa shape index (κ1) is 11.5. The Morgan fingerprint density at radius 3 is 2.75 bits per heavy atom. The number of hydrogen-bond acceptors (Lipinski definition) is 2. The smallest absolute Gasteiger partial charge is 0.258 e. The predicted molar refractivity (Wildman–Crippen MR) is 77.4 cm³/mol. The van der Waals surface area contributed by atoms with Crippen LogP contribution < -0.4 is 9.64 Å². The summed E-state index contributed by atoms with van der Waals surface area (Å²) < 4.78 is 5.26. The summed E-state index contributed by atoms with van der Waals surface area (Å²) in [6, 6.07) is 14.2. The van der Waals surface area contributed by atoms with Gasteiger partial charge in [0.2, 0.25) is 0 Å². The molecular weight excluding hydrogens is 250 g/mol.